The largest absolute Gasteiger partial charge is 0.481 e. The molecule has 1 aliphatic heterocycles. The van der Waals surface area contributed by atoms with Crippen molar-refractivity contribution < 1.29 is 48.7 Å². The molecule has 1 aliphatic rings. The van der Waals surface area contributed by atoms with Gasteiger partial charge in [-0.15, -0.1) is 0 Å². The van der Waals surface area contributed by atoms with E-state index >= 15 is 0 Å². The fourth-order valence-corrected chi connectivity index (χ4v) is 3.40. The summed E-state index contributed by atoms with van der Waals surface area (Å²) in [6.45, 7) is 0.646. The van der Waals surface area contributed by atoms with Crippen molar-refractivity contribution in [3.05, 3.63) is 0 Å². The number of carbonyl (C=O) groups is 4. The maximum Gasteiger partial charge on any atom is 0.303 e. The average molecular weight is 493 g/mol. The van der Waals surface area contributed by atoms with Crippen molar-refractivity contribution in [2.24, 2.45) is 17.8 Å². The number of nitrogens with one attached hydrogen (secondary N) is 1. The van der Waals surface area contributed by atoms with Gasteiger partial charge in [-0.3, -0.25) is 24.6 Å². The predicted octanol–water partition coefficient (Wildman–Crippen LogP) is 1.91. The third-order valence-corrected chi connectivity index (χ3v) is 4.92. The first kappa shape index (κ1) is 26.2. The molecule has 0 aromatic carbocycles. The fourth-order valence-electron chi connectivity index (χ4n) is 3.27. The summed E-state index contributed by atoms with van der Waals surface area (Å²) >= 11 is 16.7. The summed E-state index contributed by atoms with van der Waals surface area (Å²) in [5, 5.41) is 35.5. The van der Waals surface area contributed by atoms with Crippen LogP contribution in [0.3, 0.4) is 0 Å². The van der Waals surface area contributed by atoms with Crippen LogP contribution in [0, 0.1) is 23.2 Å². The summed E-state index contributed by atoms with van der Waals surface area (Å²) in [6.07, 6.45) is -4.64. The van der Waals surface area contributed by atoms with Gasteiger partial charge in [0.15, 0.2) is 0 Å². The first-order valence-electron chi connectivity index (χ1n) is 8.49. The number of carboxylic acid groups (broad SMARTS) is 3. The summed E-state index contributed by atoms with van der Waals surface area (Å²) in [7, 11) is 0. The van der Waals surface area contributed by atoms with E-state index < -0.39 is 89.6 Å². The van der Waals surface area contributed by atoms with E-state index in [0.29, 0.717) is 0 Å². The van der Waals surface area contributed by atoms with Crippen LogP contribution < -0.4 is 0 Å². The standard InChI is InChI=1S/C16H20Cl3NO10/c1-6(21)28-5-10-8(3-12(24)25)7(2-11(22)23)9(4-13(26)27)14(29-10)30-15(20)16(17,18)19/h7-10,14,20H,2-5H2,1H3,(H,22,23)(H,24,25)(H,26,27)/t7-,8+,9+,10-,14?/m0/s1. The van der Waals surface area contributed by atoms with Crippen molar-refractivity contribution in [2.75, 3.05) is 6.61 Å². The van der Waals surface area contributed by atoms with Gasteiger partial charge in [0, 0.05) is 25.2 Å². The van der Waals surface area contributed by atoms with E-state index in [0.717, 1.165) is 6.92 Å². The van der Waals surface area contributed by atoms with Gasteiger partial charge in [-0.1, -0.05) is 34.8 Å². The monoisotopic (exact) mass is 491 g/mol. The highest BCUT2D eigenvalue weighted by Gasteiger charge is 2.50. The Morgan fingerprint density at radius 1 is 0.933 bits per heavy atom. The summed E-state index contributed by atoms with van der Waals surface area (Å²) < 4.78 is 13.4. The molecule has 0 aromatic heterocycles. The molecule has 1 saturated heterocycles. The molecule has 1 rings (SSSR count). The van der Waals surface area contributed by atoms with Gasteiger partial charge < -0.3 is 29.5 Å². The topological polar surface area (TPSA) is 181 Å². The summed E-state index contributed by atoms with van der Waals surface area (Å²) in [5.74, 6) is -8.92. The Bertz CT molecular complexity index is 695. The maximum absolute atomic E-state index is 11.4. The molecule has 5 atom stereocenters. The van der Waals surface area contributed by atoms with E-state index in [1.807, 2.05) is 0 Å². The lowest BCUT2D eigenvalue weighted by molar-refractivity contribution is -0.242. The van der Waals surface area contributed by atoms with Crippen LogP contribution in [0.5, 0.6) is 0 Å². The Labute approximate surface area is 185 Å². The zero-order valence-corrected chi connectivity index (χ0v) is 17.8. The Morgan fingerprint density at radius 3 is 1.83 bits per heavy atom. The van der Waals surface area contributed by atoms with E-state index in [9.17, 15) is 34.5 Å². The second kappa shape index (κ2) is 11.0. The number of aliphatic carboxylic acids is 3. The zero-order chi connectivity index (χ0) is 23.2. The number of hydrogen-bond acceptors (Lipinski definition) is 8. The van der Waals surface area contributed by atoms with Gasteiger partial charge in [-0.2, -0.15) is 0 Å². The number of carboxylic acids is 3. The molecule has 4 N–H and O–H groups in total. The lowest BCUT2D eigenvalue weighted by atomic mass is 9.71. The van der Waals surface area contributed by atoms with Crippen LogP contribution in [0.15, 0.2) is 0 Å². The molecule has 1 unspecified atom stereocenters. The maximum atomic E-state index is 11.4. The number of ether oxygens (including phenoxy) is 3. The van der Waals surface area contributed by atoms with E-state index in [1.54, 1.807) is 0 Å². The highest BCUT2D eigenvalue weighted by Crippen LogP contribution is 2.43. The summed E-state index contributed by atoms with van der Waals surface area (Å²) in [5.41, 5.74) is 0. The molecule has 0 aliphatic carbocycles. The molecule has 30 heavy (non-hydrogen) atoms. The third-order valence-electron chi connectivity index (χ3n) is 4.41. The van der Waals surface area contributed by atoms with Crippen molar-refractivity contribution in [2.45, 2.75) is 42.4 Å². The highest BCUT2D eigenvalue weighted by atomic mass is 35.6. The second-order valence-corrected chi connectivity index (χ2v) is 8.86. The Kier molecular flexibility index (Phi) is 9.60. The normalized spacial score (nSPS) is 26.5. The highest BCUT2D eigenvalue weighted by molar-refractivity contribution is 6.76. The molecule has 11 nitrogen and oxygen atoms in total. The smallest absolute Gasteiger partial charge is 0.303 e. The average Bonchev–Trinajstić information content (AvgIpc) is 2.56. The molecule has 0 bridgehead atoms. The van der Waals surface area contributed by atoms with E-state index in [-0.39, 0.29) is 0 Å². The molecule has 170 valence electrons. The first-order chi connectivity index (χ1) is 13.7. The lowest BCUT2D eigenvalue weighted by Gasteiger charge is -2.45. The van der Waals surface area contributed by atoms with Gasteiger partial charge in [0.2, 0.25) is 12.2 Å². The SMILES string of the molecule is CC(=O)OC[C@@H]1OC(OC(=N)C(Cl)(Cl)Cl)[C@H](CC(=O)O)[C@@H](CC(=O)O)[C@H]1CC(=O)O. The Hall–Kier alpha value is -1.82. The molecule has 0 spiro atoms. The van der Waals surface area contributed by atoms with Gasteiger partial charge in [-0.05, 0) is 5.92 Å². The minimum absolute atomic E-state index is 0.454. The van der Waals surface area contributed by atoms with Gasteiger partial charge in [0.25, 0.3) is 3.79 Å². The van der Waals surface area contributed by atoms with Crippen molar-refractivity contribution in [1.82, 2.24) is 0 Å². The third kappa shape index (κ3) is 8.13. The molecule has 14 heteroatoms. The molecular weight excluding hydrogens is 473 g/mol. The van der Waals surface area contributed by atoms with Crippen LogP contribution in [-0.4, -0.2) is 67.9 Å². The molecule has 1 fully saturated rings. The van der Waals surface area contributed by atoms with Crippen LogP contribution >= 0.6 is 34.8 Å². The molecule has 0 radical (unpaired) electrons. The van der Waals surface area contributed by atoms with Gasteiger partial charge in [0.1, 0.15) is 6.61 Å². The Morgan fingerprint density at radius 2 is 1.40 bits per heavy atom. The van der Waals surface area contributed by atoms with Crippen LogP contribution in [0.1, 0.15) is 26.2 Å². The summed E-state index contributed by atoms with van der Waals surface area (Å²) in [4.78, 5) is 45.3. The number of hydrogen-bond donors (Lipinski definition) is 4. The lowest BCUT2D eigenvalue weighted by Crippen LogP contribution is -2.53. The van der Waals surface area contributed by atoms with E-state index in [2.05, 4.69) is 0 Å². The van der Waals surface area contributed by atoms with Gasteiger partial charge >= 0.3 is 23.9 Å². The van der Waals surface area contributed by atoms with Crippen LogP contribution in [0.25, 0.3) is 0 Å². The van der Waals surface area contributed by atoms with E-state index in [1.165, 1.54) is 0 Å². The van der Waals surface area contributed by atoms with Crippen LogP contribution in [0.4, 0.5) is 0 Å². The molecule has 0 amide bonds. The Balaban J connectivity index is 3.37. The molecular formula is C16H20Cl3NO10. The minimum Gasteiger partial charge on any atom is -0.481 e. The predicted molar refractivity (Wildman–Crippen MR) is 102 cm³/mol. The molecule has 0 aromatic rings. The van der Waals surface area contributed by atoms with Crippen molar-refractivity contribution >= 4 is 64.6 Å². The van der Waals surface area contributed by atoms with Crippen LogP contribution in [0.2, 0.25) is 0 Å². The molecule has 0 saturated carbocycles. The number of alkyl halides is 3. The van der Waals surface area contributed by atoms with Crippen molar-refractivity contribution in [1.29, 1.82) is 5.41 Å². The molecule has 1 heterocycles. The zero-order valence-electron chi connectivity index (χ0n) is 15.5. The summed E-state index contributed by atoms with van der Waals surface area (Å²) in [6, 6.07) is 0. The first-order valence-corrected chi connectivity index (χ1v) is 9.62. The van der Waals surface area contributed by atoms with Crippen LogP contribution in [-0.2, 0) is 33.4 Å². The number of carbonyl (C=O) groups excluding carboxylic acids is 1. The fraction of sp³-hybridized carbons (Fsp3) is 0.688. The van der Waals surface area contributed by atoms with Crippen molar-refractivity contribution in [3.63, 3.8) is 0 Å². The number of rotatable bonds is 9. The van der Waals surface area contributed by atoms with Gasteiger partial charge in [-0.25, -0.2) is 0 Å². The van der Waals surface area contributed by atoms with E-state index in [4.69, 9.17) is 54.4 Å². The second-order valence-electron chi connectivity index (χ2n) is 6.58. The van der Waals surface area contributed by atoms with Gasteiger partial charge in [0.05, 0.1) is 18.9 Å². The number of esters is 1. The van der Waals surface area contributed by atoms with Crippen molar-refractivity contribution in [3.8, 4) is 0 Å². The number of halogens is 3. The minimum atomic E-state index is -2.32. The quantitative estimate of drug-likeness (QED) is 0.161.